The van der Waals surface area contributed by atoms with Gasteiger partial charge in [0.15, 0.2) is 0 Å². The number of hydrogen-bond donors (Lipinski definition) is 0. The molecule has 0 saturated carbocycles. The maximum atomic E-state index is 14.2. The van der Waals surface area contributed by atoms with Crippen LogP contribution in [0.15, 0.2) is 18.1 Å². The Hall–Kier alpha value is -0.110. The average Bonchev–Trinajstić information content (AvgIpc) is 2.10. The number of halogens is 13. The van der Waals surface area contributed by atoms with Gasteiger partial charge in [-0.15, -0.1) is 48.5 Å². The third kappa shape index (κ3) is 9.14. The van der Waals surface area contributed by atoms with Gasteiger partial charge in [-0.2, -0.15) is 25.8 Å². The average molecular weight is 526 g/mol. The predicted octanol–water partition coefficient (Wildman–Crippen LogP) is 8.99. The van der Waals surface area contributed by atoms with Crippen molar-refractivity contribution in [2.45, 2.75) is 19.1 Å². The molecule has 0 radical (unpaired) electrons. The van der Waals surface area contributed by atoms with Crippen molar-refractivity contribution in [1.29, 1.82) is 0 Å². The Bertz CT molecular complexity index is 818. The van der Waals surface area contributed by atoms with Gasteiger partial charge < -0.3 is 0 Å². The van der Waals surface area contributed by atoms with E-state index in [0.29, 0.717) is 0 Å². The molecule has 1 heterocycles. The van der Waals surface area contributed by atoms with Crippen LogP contribution in [0.1, 0.15) is 0 Å². The third-order valence-corrected chi connectivity index (χ3v) is 10.9. The summed E-state index contributed by atoms with van der Waals surface area (Å²) in [4.78, 5) is 0. The number of hydrogen-bond acceptors (Lipinski definition) is 7. The molecule has 0 aromatic rings. The summed E-state index contributed by atoms with van der Waals surface area (Å²) in [7, 11) is -26.5. The van der Waals surface area contributed by atoms with Gasteiger partial charge in [0.05, 0.1) is 0 Å². The molecule has 0 bridgehead atoms. The molecule has 24 heteroatoms. The van der Waals surface area contributed by atoms with Gasteiger partial charge in [-0.3, -0.25) is 0 Å². The second kappa shape index (κ2) is 7.54. The normalized spacial score (nSPS) is 37.6. The molecule has 0 aromatic heterocycles. The Balaban J connectivity index is 3.90. The summed E-state index contributed by atoms with van der Waals surface area (Å²) in [5, 5.41) is 0. The lowest BCUT2D eigenvalue weighted by Crippen LogP contribution is -2.12. The van der Waals surface area contributed by atoms with Crippen molar-refractivity contribution in [2.24, 2.45) is 18.1 Å². The van der Waals surface area contributed by atoms with E-state index in [0.717, 1.165) is 0 Å². The molecule has 0 aliphatic carbocycles. The first-order chi connectivity index (χ1) is 11.9. The van der Waals surface area contributed by atoms with Gasteiger partial charge in [-0.05, 0) is 0 Å². The Morgan fingerprint density at radius 2 is 0.750 bits per heavy atom. The SMILES string of the molecule is CP1(F)=NP(F)(OC(F)(F)F)=NP(F)(OC(F)(F)F)=NP(F)(OC(F)(F)F)=N1. The van der Waals surface area contributed by atoms with Crippen molar-refractivity contribution < 1.29 is 69.9 Å². The van der Waals surface area contributed by atoms with Crippen LogP contribution in [0.5, 0.6) is 0 Å². The van der Waals surface area contributed by atoms with E-state index in [2.05, 4.69) is 13.6 Å². The summed E-state index contributed by atoms with van der Waals surface area (Å²) in [6.45, 7) is -0.144. The van der Waals surface area contributed by atoms with E-state index in [1.165, 1.54) is 9.03 Å². The summed E-state index contributed by atoms with van der Waals surface area (Å²) in [5.74, 6) is 0. The first-order valence-corrected chi connectivity index (χ1v) is 12.1. The van der Waals surface area contributed by atoms with Crippen LogP contribution in [0.3, 0.4) is 0 Å². The van der Waals surface area contributed by atoms with Crippen molar-refractivity contribution >= 4 is 30.7 Å². The van der Waals surface area contributed by atoms with Crippen LogP contribution in [0.2, 0.25) is 0 Å². The van der Waals surface area contributed by atoms with E-state index >= 15 is 0 Å². The van der Waals surface area contributed by atoms with Gasteiger partial charge in [0, 0.05) is 6.66 Å². The standard InChI is InChI=1S/C4H3F13N4O3P4/c1-25(14)18-26(15,22-2(5,6)7)20-28(17,24-4(11,12)13)21-27(16,19-25)23-3(8,9)10/h1H3. The minimum atomic E-state index is -7.14. The van der Waals surface area contributed by atoms with Crippen LogP contribution in [0, 0.1) is 0 Å². The smallest absolute Gasteiger partial charge is 0.207 e. The van der Waals surface area contributed by atoms with Crippen molar-refractivity contribution in [2.75, 3.05) is 6.66 Å². The zero-order chi connectivity index (χ0) is 22.4. The molecular weight excluding hydrogens is 523 g/mol. The highest BCUT2D eigenvalue weighted by molar-refractivity contribution is 7.79. The Morgan fingerprint density at radius 1 is 0.500 bits per heavy atom. The number of alkyl halides is 9. The van der Waals surface area contributed by atoms with Gasteiger partial charge in [0.25, 0.3) is 0 Å². The van der Waals surface area contributed by atoms with Crippen LogP contribution < -0.4 is 0 Å². The highest BCUT2D eigenvalue weighted by atomic mass is 31.3. The second-order valence-electron chi connectivity index (χ2n) is 4.20. The maximum Gasteiger partial charge on any atom is 0.530 e. The molecule has 0 fully saturated rings. The third-order valence-electron chi connectivity index (χ3n) is 1.65. The van der Waals surface area contributed by atoms with Gasteiger partial charge in [0.2, 0.25) is 7.52 Å². The zero-order valence-electron chi connectivity index (χ0n) is 12.2. The van der Waals surface area contributed by atoms with Crippen molar-refractivity contribution in [3.63, 3.8) is 0 Å². The highest BCUT2D eigenvalue weighted by Gasteiger charge is 2.51. The first-order valence-electron chi connectivity index (χ1n) is 5.58. The lowest BCUT2D eigenvalue weighted by molar-refractivity contribution is -0.275. The summed E-state index contributed by atoms with van der Waals surface area (Å²) in [6, 6.07) is 0. The molecule has 4 unspecified atom stereocenters. The maximum absolute atomic E-state index is 14.2. The molecule has 0 aromatic carbocycles. The Morgan fingerprint density at radius 3 is 1.04 bits per heavy atom. The van der Waals surface area contributed by atoms with Crippen LogP contribution in [-0.2, 0) is 13.6 Å². The molecule has 7 nitrogen and oxygen atoms in total. The highest BCUT2D eigenvalue weighted by Crippen LogP contribution is 2.82. The fraction of sp³-hybridized carbons (Fsp3) is 1.00. The van der Waals surface area contributed by atoms with Gasteiger partial charge in [-0.25, -0.2) is 13.6 Å². The topological polar surface area (TPSA) is 77.1 Å². The molecule has 4 atom stereocenters. The van der Waals surface area contributed by atoms with Crippen LogP contribution >= 0.6 is 30.7 Å². The molecule has 1 aliphatic heterocycles. The van der Waals surface area contributed by atoms with Crippen molar-refractivity contribution in [3.8, 4) is 0 Å². The van der Waals surface area contributed by atoms with E-state index in [1.54, 1.807) is 0 Å². The molecule has 0 N–H and O–H groups in total. The minimum absolute atomic E-state index is 0.144. The monoisotopic (exact) mass is 526 g/mol. The van der Waals surface area contributed by atoms with Crippen LogP contribution in [0.25, 0.3) is 0 Å². The number of nitrogens with zero attached hydrogens (tertiary/aromatic N) is 4. The van der Waals surface area contributed by atoms with E-state index in [1.807, 2.05) is 9.03 Å². The molecule has 0 amide bonds. The molecule has 0 saturated heterocycles. The van der Waals surface area contributed by atoms with Crippen molar-refractivity contribution in [1.82, 2.24) is 0 Å². The molecule has 1 aliphatic rings. The van der Waals surface area contributed by atoms with Gasteiger partial charge >= 0.3 is 42.3 Å². The molecule has 0 spiro atoms. The Labute approximate surface area is 145 Å². The quantitative estimate of drug-likeness (QED) is 0.272. The van der Waals surface area contributed by atoms with E-state index in [9.17, 15) is 56.3 Å². The second-order valence-corrected chi connectivity index (χ2v) is 12.1. The fourth-order valence-electron chi connectivity index (χ4n) is 1.25. The summed E-state index contributed by atoms with van der Waals surface area (Å²) in [6.07, 6.45) is -18.5. The van der Waals surface area contributed by atoms with Crippen molar-refractivity contribution in [3.05, 3.63) is 0 Å². The molecule has 1 rings (SSSR count). The molecular formula is C4H3F13N4O3P4. The van der Waals surface area contributed by atoms with Gasteiger partial charge in [0.1, 0.15) is 0 Å². The zero-order valence-corrected chi connectivity index (χ0v) is 15.8. The lowest BCUT2D eigenvalue weighted by Gasteiger charge is -2.23. The Kier molecular flexibility index (Phi) is 6.98. The van der Waals surface area contributed by atoms with Crippen LogP contribution in [0.4, 0.5) is 56.3 Å². The first kappa shape index (κ1) is 25.9. The van der Waals surface area contributed by atoms with Gasteiger partial charge in [-0.1, -0.05) is 0 Å². The number of rotatable bonds is 3. The summed E-state index contributed by atoms with van der Waals surface area (Å²) >= 11 is 0. The molecule has 168 valence electrons. The molecule has 28 heavy (non-hydrogen) atoms. The largest absolute Gasteiger partial charge is 0.530 e. The van der Waals surface area contributed by atoms with E-state index in [4.69, 9.17) is 0 Å². The van der Waals surface area contributed by atoms with Crippen LogP contribution in [-0.4, -0.2) is 25.8 Å². The van der Waals surface area contributed by atoms with E-state index < -0.39 is 49.8 Å². The minimum Gasteiger partial charge on any atom is -0.207 e. The lowest BCUT2D eigenvalue weighted by atomic mass is 11.4. The predicted molar refractivity (Wildman–Crippen MR) is 69.2 cm³/mol. The fourth-order valence-corrected chi connectivity index (χ4v) is 10.2. The summed E-state index contributed by atoms with van der Waals surface area (Å²) < 4.78 is 181. The van der Waals surface area contributed by atoms with E-state index in [-0.39, 0.29) is 6.66 Å². The summed E-state index contributed by atoms with van der Waals surface area (Å²) in [5.41, 5.74) is 0.